The molecular formula is C14H19NO2. The van der Waals surface area contributed by atoms with Crippen molar-refractivity contribution in [2.45, 2.75) is 39.2 Å². The average molecular weight is 233 g/mol. The van der Waals surface area contributed by atoms with E-state index in [4.69, 9.17) is 0 Å². The number of hydrogen-bond acceptors (Lipinski definition) is 3. The third kappa shape index (κ3) is 2.14. The lowest BCUT2D eigenvalue weighted by atomic mass is 10.0. The van der Waals surface area contributed by atoms with Crippen LogP contribution in [0.25, 0.3) is 0 Å². The van der Waals surface area contributed by atoms with Crippen molar-refractivity contribution in [3.63, 3.8) is 0 Å². The number of Topliss-reactive ketones (excluding diaryl/α,β-unsaturated/α-hetero) is 1. The second-order valence-corrected chi connectivity index (χ2v) is 5.33. The normalized spacial score (nSPS) is 18.4. The van der Waals surface area contributed by atoms with Crippen LogP contribution in [0, 0.1) is 0 Å². The Hall–Kier alpha value is -1.51. The highest BCUT2D eigenvalue weighted by Crippen LogP contribution is 2.35. The van der Waals surface area contributed by atoms with E-state index in [0.29, 0.717) is 5.56 Å². The van der Waals surface area contributed by atoms with Crippen LogP contribution in [-0.4, -0.2) is 23.0 Å². The molecule has 1 aliphatic heterocycles. The molecule has 0 radical (unpaired) electrons. The SMILES string of the molecule is CC(=O)c1ccc(N2CCCC2(C)C)cc1O. The molecule has 0 aliphatic carbocycles. The summed E-state index contributed by atoms with van der Waals surface area (Å²) < 4.78 is 0. The fraction of sp³-hybridized carbons (Fsp3) is 0.500. The molecule has 92 valence electrons. The van der Waals surface area contributed by atoms with Crippen LogP contribution in [0.2, 0.25) is 0 Å². The van der Waals surface area contributed by atoms with E-state index in [0.717, 1.165) is 18.7 Å². The predicted octanol–water partition coefficient (Wildman–Crippen LogP) is 2.97. The summed E-state index contributed by atoms with van der Waals surface area (Å²) in [7, 11) is 0. The Morgan fingerprint density at radius 2 is 2.12 bits per heavy atom. The topological polar surface area (TPSA) is 40.5 Å². The van der Waals surface area contributed by atoms with Gasteiger partial charge in [-0.3, -0.25) is 4.79 Å². The van der Waals surface area contributed by atoms with E-state index in [-0.39, 0.29) is 17.1 Å². The summed E-state index contributed by atoms with van der Waals surface area (Å²) in [5, 5.41) is 9.84. The molecule has 0 aromatic heterocycles. The lowest BCUT2D eigenvalue weighted by Gasteiger charge is -2.33. The zero-order chi connectivity index (χ0) is 12.6. The fourth-order valence-electron chi connectivity index (χ4n) is 2.57. The quantitative estimate of drug-likeness (QED) is 0.798. The van der Waals surface area contributed by atoms with Gasteiger partial charge in [-0.25, -0.2) is 0 Å². The minimum Gasteiger partial charge on any atom is -0.507 e. The van der Waals surface area contributed by atoms with Crippen molar-refractivity contribution < 1.29 is 9.90 Å². The van der Waals surface area contributed by atoms with Crippen molar-refractivity contribution in [2.75, 3.05) is 11.4 Å². The molecule has 1 fully saturated rings. The molecule has 3 heteroatoms. The Balaban J connectivity index is 2.35. The van der Waals surface area contributed by atoms with E-state index in [1.54, 1.807) is 12.1 Å². The number of anilines is 1. The molecule has 0 bridgehead atoms. The summed E-state index contributed by atoms with van der Waals surface area (Å²) in [5.74, 6) is -0.0209. The largest absolute Gasteiger partial charge is 0.507 e. The third-order valence-electron chi connectivity index (χ3n) is 3.57. The first-order chi connectivity index (χ1) is 7.92. The van der Waals surface area contributed by atoms with Gasteiger partial charge in [-0.2, -0.15) is 0 Å². The molecule has 0 spiro atoms. The molecule has 1 aromatic carbocycles. The van der Waals surface area contributed by atoms with Gasteiger partial charge in [0.25, 0.3) is 0 Å². The van der Waals surface area contributed by atoms with Gasteiger partial charge >= 0.3 is 0 Å². The molecule has 1 N–H and O–H groups in total. The van der Waals surface area contributed by atoms with Crippen LogP contribution >= 0.6 is 0 Å². The Morgan fingerprint density at radius 1 is 1.41 bits per heavy atom. The standard InChI is InChI=1S/C14H19NO2/c1-10(16)12-6-5-11(9-13(12)17)15-8-4-7-14(15,2)3/h5-6,9,17H,4,7-8H2,1-3H3. The van der Waals surface area contributed by atoms with Gasteiger partial charge in [-0.15, -0.1) is 0 Å². The average Bonchev–Trinajstić information content (AvgIpc) is 2.57. The van der Waals surface area contributed by atoms with Crippen molar-refractivity contribution in [2.24, 2.45) is 0 Å². The second-order valence-electron chi connectivity index (χ2n) is 5.33. The third-order valence-corrected chi connectivity index (χ3v) is 3.57. The van der Waals surface area contributed by atoms with Crippen molar-refractivity contribution >= 4 is 11.5 Å². The summed E-state index contributed by atoms with van der Waals surface area (Å²) in [6, 6.07) is 5.33. The molecule has 1 aromatic rings. The van der Waals surface area contributed by atoms with Gasteiger partial charge in [0.15, 0.2) is 5.78 Å². The van der Waals surface area contributed by atoms with Crippen LogP contribution in [0.5, 0.6) is 5.75 Å². The van der Waals surface area contributed by atoms with E-state index in [1.165, 1.54) is 13.3 Å². The predicted molar refractivity (Wildman–Crippen MR) is 68.8 cm³/mol. The minimum atomic E-state index is -0.102. The summed E-state index contributed by atoms with van der Waals surface area (Å²) in [6.45, 7) is 6.88. The zero-order valence-electron chi connectivity index (χ0n) is 10.7. The lowest BCUT2D eigenvalue weighted by molar-refractivity contribution is 0.101. The molecular weight excluding hydrogens is 214 g/mol. The fourth-order valence-corrected chi connectivity index (χ4v) is 2.57. The maximum atomic E-state index is 11.3. The molecule has 1 saturated heterocycles. The van der Waals surface area contributed by atoms with Crippen LogP contribution in [0.3, 0.4) is 0 Å². The number of aromatic hydroxyl groups is 1. The number of nitrogens with zero attached hydrogens (tertiary/aromatic N) is 1. The van der Waals surface area contributed by atoms with Crippen LogP contribution in [-0.2, 0) is 0 Å². The number of carbonyl (C=O) groups is 1. The van der Waals surface area contributed by atoms with Gasteiger partial charge in [-0.1, -0.05) is 0 Å². The van der Waals surface area contributed by atoms with E-state index in [2.05, 4.69) is 18.7 Å². The van der Waals surface area contributed by atoms with Crippen molar-refractivity contribution in [3.8, 4) is 5.75 Å². The monoisotopic (exact) mass is 233 g/mol. The zero-order valence-corrected chi connectivity index (χ0v) is 10.7. The maximum absolute atomic E-state index is 11.3. The van der Waals surface area contributed by atoms with E-state index < -0.39 is 0 Å². The molecule has 1 heterocycles. The van der Waals surface area contributed by atoms with Crippen LogP contribution in [0.1, 0.15) is 44.0 Å². The number of phenols is 1. The molecule has 0 atom stereocenters. The van der Waals surface area contributed by atoms with Gasteiger partial charge in [0.1, 0.15) is 5.75 Å². The van der Waals surface area contributed by atoms with E-state index >= 15 is 0 Å². The molecule has 1 aliphatic rings. The van der Waals surface area contributed by atoms with Gasteiger partial charge in [0.05, 0.1) is 5.56 Å². The molecule has 3 nitrogen and oxygen atoms in total. The molecule has 0 saturated carbocycles. The highest BCUT2D eigenvalue weighted by Gasteiger charge is 2.32. The summed E-state index contributed by atoms with van der Waals surface area (Å²) in [5.41, 5.74) is 1.52. The van der Waals surface area contributed by atoms with Gasteiger partial charge in [0, 0.05) is 23.8 Å². The lowest BCUT2D eigenvalue weighted by Crippen LogP contribution is -2.38. The van der Waals surface area contributed by atoms with Gasteiger partial charge in [0.2, 0.25) is 0 Å². The summed E-state index contributed by atoms with van der Waals surface area (Å²) >= 11 is 0. The Morgan fingerprint density at radius 3 is 2.59 bits per heavy atom. The first-order valence-electron chi connectivity index (χ1n) is 6.03. The summed E-state index contributed by atoms with van der Waals surface area (Å²) in [4.78, 5) is 13.5. The molecule has 2 rings (SSSR count). The number of hydrogen-bond donors (Lipinski definition) is 1. The van der Waals surface area contributed by atoms with Crippen molar-refractivity contribution in [1.82, 2.24) is 0 Å². The van der Waals surface area contributed by atoms with Crippen molar-refractivity contribution in [3.05, 3.63) is 23.8 Å². The second kappa shape index (κ2) is 4.06. The Kier molecular flexibility index (Phi) is 2.86. The minimum absolute atomic E-state index is 0.0812. The molecule has 17 heavy (non-hydrogen) atoms. The molecule has 0 amide bonds. The first-order valence-corrected chi connectivity index (χ1v) is 6.03. The number of ketones is 1. The Labute approximate surface area is 102 Å². The highest BCUT2D eigenvalue weighted by molar-refractivity contribution is 5.97. The number of phenolic OH excluding ortho intramolecular Hbond substituents is 1. The van der Waals surface area contributed by atoms with Crippen LogP contribution < -0.4 is 4.90 Å². The maximum Gasteiger partial charge on any atom is 0.163 e. The number of benzene rings is 1. The molecule has 0 unspecified atom stereocenters. The van der Waals surface area contributed by atoms with Gasteiger partial charge < -0.3 is 10.0 Å². The number of rotatable bonds is 2. The smallest absolute Gasteiger partial charge is 0.163 e. The number of carbonyl (C=O) groups excluding carboxylic acids is 1. The highest BCUT2D eigenvalue weighted by atomic mass is 16.3. The van der Waals surface area contributed by atoms with E-state index in [1.807, 2.05) is 6.07 Å². The van der Waals surface area contributed by atoms with E-state index in [9.17, 15) is 9.90 Å². The van der Waals surface area contributed by atoms with Gasteiger partial charge in [-0.05, 0) is 45.7 Å². The Bertz CT molecular complexity index is 452. The van der Waals surface area contributed by atoms with Crippen molar-refractivity contribution in [1.29, 1.82) is 0 Å². The van der Waals surface area contributed by atoms with Crippen LogP contribution in [0.15, 0.2) is 18.2 Å². The summed E-state index contributed by atoms with van der Waals surface area (Å²) in [6.07, 6.45) is 2.32. The van der Waals surface area contributed by atoms with Crippen LogP contribution in [0.4, 0.5) is 5.69 Å². The first kappa shape index (κ1) is 12.0.